The van der Waals surface area contributed by atoms with Crippen LogP contribution in [0.25, 0.3) is 5.52 Å². The van der Waals surface area contributed by atoms with Gasteiger partial charge in [0, 0.05) is 18.9 Å². The van der Waals surface area contributed by atoms with Crippen LogP contribution in [0.2, 0.25) is 0 Å². The van der Waals surface area contributed by atoms with Gasteiger partial charge in [-0.15, -0.1) is 0 Å². The Morgan fingerprint density at radius 1 is 1.47 bits per heavy atom. The SMILES string of the molecule is CC(C)c1cc2c(NCC(O)C3CC3)nccn2n1. The molecule has 1 aliphatic rings. The molecule has 0 spiro atoms. The number of nitrogens with one attached hydrogen (secondary N) is 1. The van der Waals surface area contributed by atoms with E-state index in [0.29, 0.717) is 18.4 Å². The molecule has 2 heterocycles. The largest absolute Gasteiger partial charge is 0.391 e. The van der Waals surface area contributed by atoms with Crippen molar-refractivity contribution in [2.24, 2.45) is 5.92 Å². The Kier molecular flexibility index (Phi) is 3.14. The van der Waals surface area contributed by atoms with Crippen LogP contribution in [0.5, 0.6) is 0 Å². The van der Waals surface area contributed by atoms with Crippen LogP contribution in [0.15, 0.2) is 18.5 Å². The number of hydrogen-bond acceptors (Lipinski definition) is 4. The Hall–Kier alpha value is -1.62. The number of aliphatic hydroxyl groups excluding tert-OH is 1. The molecule has 1 saturated carbocycles. The van der Waals surface area contributed by atoms with E-state index in [1.807, 2.05) is 10.7 Å². The van der Waals surface area contributed by atoms with E-state index in [9.17, 15) is 5.11 Å². The van der Waals surface area contributed by atoms with Crippen molar-refractivity contribution in [1.29, 1.82) is 0 Å². The molecule has 102 valence electrons. The lowest BCUT2D eigenvalue weighted by atomic mass is 10.1. The van der Waals surface area contributed by atoms with Gasteiger partial charge in [0.25, 0.3) is 0 Å². The third-order valence-corrected chi connectivity index (χ3v) is 3.65. The monoisotopic (exact) mass is 260 g/mol. The van der Waals surface area contributed by atoms with E-state index in [0.717, 1.165) is 29.9 Å². The van der Waals surface area contributed by atoms with Crippen molar-refractivity contribution in [3.63, 3.8) is 0 Å². The fraction of sp³-hybridized carbons (Fsp3) is 0.571. The average Bonchev–Trinajstić information content (AvgIpc) is 3.14. The van der Waals surface area contributed by atoms with Gasteiger partial charge >= 0.3 is 0 Å². The third kappa shape index (κ3) is 2.56. The van der Waals surface area contributed by atoms with Crippen LogP contribution < -0.4 is 5.32 Å². The molecule has 19 heavy (non-hydrogen) atoms. The van der Waals surface area contributed by atoms with E-state index >= 15 is 0 Å². The van der Waals surface area contributed by atoms with Crippen LogP contribution in [-0.4, -0.2) is 32.4 Å². The molecule has 0 amide bonds. The Bertz CT molecular complexity index is 574. The smallest absolute Gasteiger partial charge is 0.152 e. The van der Waals surface area contributed by atoms with Crippen molar-refractivity contribution < 1.29 is 5.11 Å². The maximum atomic E-state index is 9.90. The van der Waals surface area contributed by atoms with E-state index in [1.54, 1.807) is 6.20 Å². The Morgan fingerprint density at radius 3 is 2.95 bits per heavy atom. The summed E-state index contributed by atoms with van der Waals surface area (Å²) < 4.78 is 1.84. The molecule has 1 unspecified atom stereocenters. The van der Waals surface area contributed by atoms with Crippen LogP contribution in [0.4, 0.5) is 5.82 Å². The normalized spacial score (nSPS) is 17.1. The lowest BCUT2D eigenvalue weighted by molar-refractivity contribution is 0.164. The van der Waals surface area contributed by atoms with Crippen LogP contribution in [0.1, 0.15) is 38.3 Å². The highest BCUT2D eigenvalue weighted by Crippen LogP contribution is 2.32. The minimum Gasteiger partial charge on any atom is -0.391 e. The van der Waals surface area contributed by atoms with Gasteiger partial charge < -0.3 is 10.4 Å². The number of nitrogens with zero attached hydrogens (tertiary/aromatic N) is 3. The van der Waals surface area contributed by atoms with Gasteiger partial charge in [-0.2, -0.15) is 5.10 Å². The summed E-state index contributed by atoms with van der Waals surface area (Å²) in [6.07, 6.45) is 5.60. The molecule has 1 fully saturated rings. The van der Waals surface area contributed by atoms with Crippen molar-refractivity contribution in [2.45, 2.75) is 38.7 Å². The van der Waals surface area contributed by atoms with Gasteiger partial charge in [0.2, 0.25) is 0 Å². The van der Waals surface area contributed by atoms with Gasteiger partial charge in [-0.05, 0) is 30.7 Å². The summed E-state index contributed by atoms with van der Waals surface area (Å²) in [5.74, 6) is 1.66. The molecular weight excluding hydrogens is 240 g/mol. The number of anilines is 1. The molecule has 2 aromatic heterocycles. The first-order valence-corrected chi connectivity index (χ1v) is 6.91. The molecule has 2 aromatic rings. The van der Waals surface area contributed by atoms with Crippen molar-refractivity contribution in [3.8, 4) is 0 Å². The maximum absolute atomic E-state index is 9.90. The van der Waals surface area contributed by atoms with Crippen LogP contribution in [0, 0.1) is 5.92 Å². The predicted molar refractivity (Wildman–Crippen MR) is 74.3 cm³/mol. The van der Waals surface area contributed by atoms with Crippen LogP contribution >= 0.6 is 0 Å². The summed E-state index contributed by atoms with van der Waals surface area (Å²) in [4.78, 5) is 4.35. The number of aromatic nitrogens is 3. The fourth-order valence-electron chi connectivity index (χ4n) is 2.21. The lowest BCUT2D eigenvalue weighted by Gasteiger charge is -2.11. The summed E-state index contributed by atoms with van der Waals surface area (Å²) in [7, 11) is 0. The molecule has 1 atom stereocenters. The Morgan fingerprint density at radius 2 is 2.26 bits per heavy atom. The van der Waals surface area contributed by atoms with Crippen LogP contribution in [-0.2, 0) is 0 Å². The molecule has 1 aliphatic carbocycles. The first-order chi connectivity index (χ1) is 9.15. The van der Waals surface area contributed by atoms with E-state index in [2.05, 4.69) is 35.3 Å². The number of fused-ring (bicyclic) bond motifs is 1. The zero-order chi connectivity index (χ0) is 13.4. The summed E-state index contributed by atoms with van der Waals surface area (Å²) in [6.45, 7) is 4.80. The first kappa shape index (κ1) is 12.4. The zero-order valence-electron chi connectivity index (χ0n) is 11.4. The second-order valence-electron chi connectivity index (χ2n) is 5.62. The second kappa shape index (κ2) is 4.81. The molecule has 3 rings (SSSR count). The van der Waals surface area contributed by atoms with E-state index in [-0.39, 0.29) is 6.10 Å². The second-order valence-corrected chi connectivity index (χ2v) is 5.62. The average molecular weight is 260 g/mol. The quantitative estimate of drug-likeness (QED) is 0.863. The molecule has 0 bridgehead atoms. The van der Waals surface area contributed by atoms with Gasteiger partial charge in [0.05, 0.1) is 11.8 Å². The minimum absolute atomic E-state index is 0.269. The van der Waals surface area contributed by atoms with Crippen molar-refractivity contribution in [1.82, 2.24) is 14.6 Å². The van der Waals surface area contributed by atoms with Crippen molar-refractivity contribution >= 4 is 11.3 Å². The highest BCUT2D eigenvalue weighted by atomic mass is 16.3. The molecular formula is C14H20N4O. The van der Waals surface area contributed by atoms with Gasteiger partial charge in [-0.1, -0.05) is 13.8 Å². The summed E-state index contributed by atoms with van der Waals surface area (Å²) in [5.41, 5.74) is 2.02. The molecule has 0 saturated heterocycles. The van der Waals surface area contributed by atoms with Gasteiger partial charge in [-0.3, -0.25) is 0 Å². The van der Waals surface area contributed by atoms with Gasteiger partial charge in [-0.25, -0.2) is 9.50 Å². The van der Waals surface area contributed by atoms with E-state index in [4.69, 9.17) is 0 Å². The fourth-order valence-corrected chi connectivity index (χ4v) is 2.21. The number of hydrogen-bond donors (Lipinski definition) is 2. The summed E-state index contributed by atoms with van der Waals surface area (Å²) >= 11 is 0. The maximum Gasteiger partial charge on any atom is 0.152 e. The lowest BCUT2D eigenvalue weighted by Crippen LogP contribution is -2.22. The molecule has 0 aliphatic heterocycles. The zero-order valence-corrected chi connectivity index (χ0v) is 11.4. The van der Waals surface area contributed by atoms with Crippen LogP contribution in [0.3, 0.4) is 0 Å². The molecule has 5 heteroatoms. The predicted octanol–water partition coefficient (Wildman–Crippen LogP) is 2.04. The highest BCUT2D eigenvalue weighted by Gasteiger charge is 2.29. The van der Waals surface area contributed by atoms with Gasteiger partial charge in [0.1, 0.15) is 5.52 Å². The minimum atomic E-state index is -0.269. The summed E-state index contributed by atoms with van der Waals surface area (Å²) in [6, 6.07) is 2.06. The Labute approximate surface area is 112 Å². The number of rotatable bonds is 5. The first-order valence-electron chi connectivity index (χ1n) is 6.91. The standard InChI is InChI=1S/C14H20N4O/c1-9(2)11-7-12-14(15-5-6-18(12)17-11)16-8-13(19)10-3-4-10/h5-7,9-10,13,19H,3-4,8H2,1-2H3,(H,15,16). The number of aliphatic hydroxyl groups is 1. The molecule has 2 N–H and O–H groups in total. The summed E-state index contributed by atoms with van der Waals surface area (Å²) in [5, 5.41) is 17.7. The van der Waals surface area contributed by atoms with E-state index < -0.39 is 0 Å². The molecule has 0 radical (unpaired) electrons. The topological polar surface area (TPSA) is 62.5 Å². The molecule has 5 nitrogen and oxygen atoms in total. The van der Waals surface area contributed by atoms with Crippen molar-refractivity contribution in [3.05, 3.63) is 24.2 Å². The third-order valence-electron chi connectivity index (χ3n) is 3.65. The Balaban J connectivity index is 1.81. The van der Waals surface area contributed by atoms with E-state index in [1.165, 1.54) is 0 Å². The molecule has 0 aromatic carbocycles. The highest BCUT2D eigenvalue weighted by molar-refractivity contribution is 5.67. The van der Waals surface area contributed by atoms with Gasteiger partial charge in [0.15, 0.2) is 5.82 Å². The van der Waals surface area contributed by atoms with Crippen molar-refractivity contribution in [2.75, 3.05) is 11.9 Å².